The van der Waals surface area contributed by atoms with E-state index in [1.54, 1.807) is 12.1 Å². The van der Waals surface area contributed by atoms with Crippen molar-refractivity contribution in [2.45, 2.75) is 45.2 Å². The van der Waals surface area contributed by atoms with Crippen molar-refractivity contribution < 1.29 is 4.79 Å². The molecule has 0 saturated carbocycles. The molecular formula is C14H20N2O. The molecule has 0 aromatic heterocycles. The van der Waals surface area contributed by atoms with Gasteiger partial charge in [0.25, 0.3) is 5.91 Å². The number of carbonyl (C=O) groups is 1. The third-order valence-electron chi connectivity index (χ3n) is 3.56. The quantitative estimate of drug-likeness (QED) is 0.757. The van der Waals surface area contributed by atoms with Gasteiger partial charge >= 0.3 is 0 Å². The normalized spacial score (nSPS) is 24.7. The van der Waals surface area contributed by atoms with Crippen LogP contribution in [0, 0.1) is 0 Å². The molecule has 92 valence electrons. The Morgan fingerprint density at radius 1 is 1.29 bits per heavy atom. The Hall–Kier alpha value is -1.51. The van der Waals surface area contributed by atoms with Gasteiger partial charge in [-0.15, -0.1) is 0 Å². The lowest BCUT2D eigenvalue weighted by Crippen LogP contribution is -2.47. The number of hydrogen-bond donors (Lipinski definition) is 1. The van der Waals surface area contributed by atoms with E-state index in [1.807, 2.05) is 17.0 Å². The van der Waals surface area contributed by atoms with Gasteiger partial charge in [0, 0.05) is 23.3 Å². The number of nitrogen functional groups attached to an aromatic ring is 1. The Morgan fingerprint density at radius 3 is 2.53 bits per heavy atom. The van der Waals surface area contributed by atoms with E-state index < -0.39 is 0 Å². The van der Waals surface area contributed by atoms with E-state index in [2.05, 4.69) is 13.8 Å². The topological polar surface area (TPSA) is 46.3 Å². The predicted molar refractivity (Wildman–Crippen MR) is 69.8 cm³/mol. The maximum Gasteiger partial charge on any atom is 0.254 e. The minimum Gasteiger partial charge on any atom is -0.399 e. The van der Waals surface area contributed by atoms with Gasteiger partial charge in [-0.3, -0.25) is 4.79 Å². The molecule has 1 saturated heterocycles. The Labute approximate surface area is 103 Å². The molecule has 0 aliphatic carbocycles. The van der Waals surface area contributed by atoms with E-state index in [-0.39, 0.29) is 5.91 Å². The number of piperidine rings is 1. The first kappa shape index (κ1) is 12.0. The molecule has 2 atom stereocenters. The fourth-order valence-corrected chi connectivity index (χ4v) is 2.64. The SMILES string of the molecule is CC1CCCC(C)N1C(=O)c1cccc(N)c1. The maximum absolute atomic E-state index is 12.4. The number of carbonyl (C=O) groups excluding carboxylic acids is 1. The van der Waals surface area contributed by atoms with Gasteiger partial charge in [0.15, 0.2) is 0 Å². The number of amides is 1. The summed E-state index contributed by atoms with van der Waals surface area (Å²) >= 11 is 0. The Bertz CT molecular complexity index is 406. The van der Waals surface area contributed by atoms with Gasteiger partial charge < -0.3 is 10.6 Å². The first-order valence-corrected chi connectivity index (χ1v) is 6.28. The highest BCUT2D eigenvalue weighted by atomic mass is 16.2. The van der Waals surface area contributed by atoms with Gasteiger partial charge in [-0.25, -0.2) is 0 Å². The fraction of sp³-hybridized carbons (Fsp3) is 0.500. The second kappa shape index (κ2) is 4.78. The summed E-state index contributed by atoms with van der Waals surface area (Å²) in [5.74, 6) is 0.108. The highest BCUT2D eigenvalue weighted by Crippen LogP contribution is 2.24. The summed E-state index contributed by atoms with van der Waals surface area (Å²) < 4.78 is 0. The van der Waals surface area contributed by atoms with E-state index in [0.29, 0.717) is 23.3 Å². The van der Waals surface area contributed by atoms with Crippen molar-refractivity contribution in [2.75, 3.05) is 5.73 Å². The summed E-state index contributed by atoms with van der Waals surface area (Å²) in [5.41, 5.74) is 7.07. The highest BCUT2D eigenvalue weighted by Gasteiger charge is 2.29. The van der Waals surface area contributed by atoms with Gasteiger partial charge in [0.2, 0.25) is 0 Å². The average molecular weight is 232 g/mol. The summed E-state index contributed by atoms with van der Waals surface area (Å²) in [6.45, 7) is 4.25. The standard InChI is InChI=1S/C14H20N2O/c1-10-5-3-6-11(2)16(10)14(17)12-7-4-8-13(15)9-12/h4,7-11H,3,5-6,15H2,1-2H3. The average Bonchev–Trinajstić information content (AvgIpc) is 2.28. The first-order chi connectivity index (χ1) is 8.09. The van der Waals surface area contributed by atoms with Gasteiger partial charge in [0.1, 0.15) is 0 Å². The minimum atomic E-state index is 0.108. The van der Waals surface area contributed by atoms with Crippen molar-refractivity contribution in [3.05, 3.63) is 29.8 Å². The molecule has 2 N–H and O–H groups in total. The number of likely N-dealkylation sites (tertiary alicyclic amines) is 1. The van der Waals surface area contributed by atoms with Gasteiger partial charge in [0.05, 0.1) is 0 Å². The first-order valence-electron chi connectivity index (χ1n) is 6.28. The smallest absolute Gasteiger partial charge is 0.254 e. The van der Waals surface area contributed by atoms with Gasteiger partial charge in [-0.2, -0.15) is 0 Å². The molecule has 1 amide bonds. The Kier molecular flexibility index (Phi) is 3.36. The summed E-state index contributed by atoms with van der Waals surface area (Å²) in [5, 5.41) is 0. The lowest BCUT2D eigenvalue weighted by Gasteiger charge is -2.39. The number of benzene rings is 1. The molecule has 3 nitrogen and oxygen atoms in total. The second-order valence-corrected chi connectivity index (χ2v) is 4.97. The lowest BCUT2D eigenvalue weighted by molar-refractivity contribution is 0.0511. The van der Waals surface area contributed by atoms with Crippen LogP contribution in [0.25, 0.3) is 0 Å². The molecule has 0 spiro atoms. The van der Waals surface area contributed by atoms with Crippen LogP contribution >= 0.6 is 0 Å². The van der Waals surface area contributed by atoms with Crippen LogP contribution in [0.15, 0.2) is 24.3 Å². The molecule has 2 unspecified atom stereocenters. The van der Waals surface area contributed by atoms with Crippen LogP contribution in [0.3, 0.4) is 0 Å². The van der Waals surface area contributed by atoms with Crippen molar-refractivity contribution in [3.63, 3.8) is 0 Å². The van der Waals surface area contributed by atoms with E-state index in [1.165, 1.54) is 6.42 Å². The summed E-state index contributed by atoms with van der Waals surface area (Å²) in [6, 6.07) is 7.89. The summed E-state index contributed by atoms with van der Waals surface area (Å²) in [6.07, 6.45) is 3.40. The summed E-state index contributed by atoms with van der Waals surface area (Å²) in [4.78, 5) is 14.4. The van der Waals surface area contributed by atoms with Crippen molar-refractivity contribution in [1.29, 1.82) is 0 Å². The second-order valence-electron chi connectivity index (χ2n) is 4.97. The molecule has 2 rings (SSSR count). The molecule has 17 heavy (non-hydrogen) atoms. The van der Waals surface area contributed by atoms with Crippen LogP contribution in [0.4, 0.5) is 5.69 Å². The zero-order valence-corrected chi connectivity index (χ0v) is 10.5. The van der Waals surface area contributed by atoms with Crippen molar-refractivity contribution in [1.82, 2.24) is 4.90 Å². The van der Waals surface area contributed by atoms with Crippen LogP contribution in [-0.2, 0) is 0 Å². The third kappa shape index (κ3) is 2.43. The largest absolute Gasteiger partial charge is 0.399 e. The van der Waals surface area contributed by atoms with Crippen molar-refractivity contribution >= 4 is 11.6 Å². The lowest BCUT2D eigenvalue weighted by atomic mass is 9.96. The number of nitrogens with zero attached hydrogens (tertiary/aromatic N) is 1. The van der Waals surface area contributed by atoms with Crippen LogP contribution in [0.1, 0.15) is 43.5 Å². The van der Waals surface area contributed by atoms with Crippen molar-refractivity contribution in [3.8, 4) is 0 Å². The third-order valence-corrected chi connectivity index (χ3v) is 3.56. The van der Waals surface area contributed by atoms with Crippen LogP contribution in [-0.4, -0.2) is 22.9 Å². The number of rotatable bonds is 1. The Morgan fingerprint density at radius 2 is 1.94 bits per heavy atom. The molecule has 0 bridgehead atoms. The zero-order valence-electron chi connectivity index (χ0n) is 10.5. The number of hydrogen-bond acceptors (Lipinski definition) is 2. The fourth-order valence-electron chi connectivity index (χ4n) is 2.64. The van der Waals surface area contributed by atoms with Gasteiger partial charge in [-0.1, -0.05) is 6.07 Å². The Balaban J connectivity index is 2.24. The van der Waals surface area contributed by atoms with E-state index >= 15 is 0 Å². The number of nitrogens with two attached hydrogens (primary N) is 1. The van der Waals surface area contributed by atoms with Crippen molar-refractivity contribution in [2.24, 2.45) is 0 Å². The molecule has 1 aromatic rings. The molecule has 1 aromatic carbocycles. The molecule has 1 aliphatic rings. The van der Waals surface area contributed by atoms with Gasteiger partial charge in [-0.05, 0) is 51.3 Å². The predicted octanol–water partition coefficient (Wildman–Crippen LogP) is 2.67. The molecular weight excluding hydrogens is 212 g/mol. The molecule has 0 radical (unpaired) electrons. The van der Waals surface area contributed by atoms with E-state index in [0.717, 1.165) is 12.8 Å². The molecule has 1 fully saturated rings. The molecule has 1 heterocycles. The van der Waals surface area contributed by atoms with Crippen LogP contribution in [0.2, 0.25) is 0 Å². The zero-order chi connectivity index (χ0) is 12.4. The molecule has 3 heteroatoms. The van der Waals surface area contributed by atoms with E-state index in [9.17, 15) is 4.79 Å². The maximum atomic E-state index is 12.4. The van der Waals surface area contributed by atoms with Crippen LogP contribution < -0.4 is 5.73 Å². The summed E-state index contributed by atoms with van der Waals surface area (Å²) in [7, 11) is 0. The van der Waals surface area contributed by atoms with E-state index in [4.69, 9.17) is 5.73 Å². The highest BCUT2D eigenvalue weighted by molar-refractivity contribution is 5.95. The number of anilines is 1. The molecule has 1 aliphatic heterocycles. The monoisotopic (exact) mass is 232 g/mol. The minimum absolute atomic E-state index is 0.108. The van der Waals surface area contributed by atoms with Crippen LogP contribution in [0.5, 0.6) is 0 Å².